The van der Waals surface area contributed by atoms with Gasteiger partial charge in [-0.05, 0) is 30.7 Å². The van der Waals surface area contributed by atoms with Crippen LogP contribution >= 0.6 is 11.3 Å². The SMILES string of the molecule is CC1CCc2c(sc3nc(=O)[nH]c(N)c23)C1. The molecule has 1 atom stereocenters. The Kier molecular flexibility index (Phi) is 2.04. The minimum atomic E-state index is -0.350. The summed E-state index contributed by atoms with van der Waals surface area (Å²) in [5.41, 5.74) is 6.83. The van der Waals surface area contributed by atoms with Crippen molar-refractivity contribution in [2.24, 2.45) is 5.92 Å². The second-order valence-electron chi connectivity index (χ2n) is 4.49. The monoisotopic (exact) mass is 235 g/mol. The van der Waals surface area contributed by atoms with Crippen molar-refractivity contribution >= 4 is 27.4 Å². The van der Waals surface area contributed by atoms with Crippen molar-refractivity contribution in [1.29, 1.82) is 0 Å². The largest absolute Gasteiger partial charge is 0.385 e. The molecule has 0 bridgehead atoms. The number of H-pyrrole nitrogens is 1. The molecule has 4 nitrogen and oxygen atoms in total. The van der Waals surface area contributed by atoms with Gasteiger partial charge in [0, 0.05) is 4.88 Å². The Morgan fingerprint density at radius 3 is 3.19 bits per heavy atom. The number of hydrogen-bond donors (Lipinski definition) is 2. The highest BCUT2D eigenvalue weighted by molar-refractivity contribution is 7.18. The molecule has 0 radical (unpaired) electrons. The highest BCUT2D eigenvalue weighted by Crippen LogP contribution is 2.38. The Bertz CT molecular complexity index is 613. The van der Waals surface area contributed by atoms with E-state index in [1.807, 2.05) is 0 Å². The molecule has 3 rings (SSSR count). The summed E-state index contributed by atoms with van der Waals surface area (Å²) in [4.78, 5) is 20.0. The third-order valence-electron chi connectivity index (χ3n) is 3.21. The normalized spacial score (nSPS) is 19.9. The Morgan fingerprint density at radius 2 is 2.38 bits per heavy atom. The lowest BCUT2D eigenvalue weighted by molar-refractivity contribution is 0.509. The number of nitrogens with zero attached hydrogens (tertiary/aromatic N) is 1. The molecule has 0 aliphatic heterocycles. The highest BCUT2D eigenvalue weighted by atomic mass is 32.1. The van der Waals surface area contributed by atoms with Crippen LogP contribution in [0.2, 0.25) is 0 Å². The topological polar surface area (TPSA) is 71.8 Å². The maximum Gasteiger partial charge on any atom is 0.347 e. The fourth-order valence-electron chi connectivity index (χ4n) is 2.39. The summed E-state index contributed by atoms with van der Waals surface area (Å²) in [5.74, 6) is 1.19. The van der Waals surface area contributed by atoms with Gasteiger partial charge in [-0.25, -0.2) is 4.79 Å². The Hall–Kier alpha value is -1.36. The summed E-state index contributed by atoms with van der Waals surface area (Å²) >= 11 is 1.62. The summed E-state index contributed by atoms with van der Waals surface area (Å²) < 4.78 is 0. The van der Waals surface area contributed by atoms with E-state index < -0.39 is 0 Å². The number of nitrogens with one attached hydrogen (secondary N) is 1. The van der Waals surface area contributed by atoms with Gasteiger partial charge in [0.2, 0.25) is 0 Å². The maximum atomic E-state index is 11.2. The molecule has 1 aliphatic rings. The van der Waals surface area contributed by atoms with Gasteiger partial charge < -0.3 is 5.73 Å². The average Bonchev–Trinajstić information content (AvgIpc) is 2.54. The van der Waals surface area contributed by atoms with Gasteiger partial charge in [-0.3, -0.25) is 4.98 Å². The van der Waals surface area contributed by atoms with E-state index in [0.717, 1.165) is 29.0 Å². The molecule has 0 amide bonds. The van der Waals surface area contributed by atoms with Crippen molar-refractivity contribution in [3.63, 3.8) is 0 Å². The molecule has 16 heavy (non-hydrogen) atoms. The average molecular weight is 235 g/mol. The van der Waals surface area contributed by atoms with Gasteiger partial charge in [0.25, 0.3) is 0 Å². The number of aromatic amines is 1. The van der Waals surface area contributed by atoms with Crippen molar-refractivity contribution < 1.29 is 0 Å². The van der Waals surface area contributed by atoms with Crippen molar-refractivity contribution in [3.05, 3.63) is 20.9 Å². The Morgan fingerprint density at radius 1 is 1.56 bits per heavy atom. The number of nitrogens with two attached hydrogens (primary N) is 1. The number of rotatable bonds is 0. The number of aryl methyl sites for hydroxylation is 1. The van der Waals surface area contributed by atoms with E-state index in [9.17, 15) is 4.79 Å². The van der Waals surface area contributed by atoms with Crippen LogP contribution < -0.4 is 11.4 Å². The lowest BCUT2D eigenvalue weighted by Gasteiger charge is -2.17. The van der Waals surface area contributed by atoms with Gasteiger partial charge in [0.1, 0.15) is 10.6 Å². The van der Waals surface area contributed by atoms with Crippen LogP contribution in [0.1, 0.15) is 23.8 Å². The first-order valence-corrected chi connectivity index (χ1v) is 6.27. The molecule has 84 valence electrons. The number of anilines is 1. The number of aromatic nitrogens is 2. The van der Waals surface area contributed by atoms with Gasteiger partial charge in [-0.1, -0.05) is 6.92 Å². The minimum Gasteiger partial charge on any atom is -0.385 e. The quantitative estimate of drug-likeness (QED) is 0.730. The molecule has 2 aromatic heterocycles. The summed E-state index contributed by atoms with van der Waals surface area (Å²) in [6.07, 6.45) is 3.33. The first-order chi connectivity index (χ1) is 7.65. The van der Waals surface area contributed by atoms with Crippen molar-refractivity contribution in [1.82, 2.24) is 9.97 Å². The van der Waals surface area contributed by atoms with Gasteiger partial charge in [-0.2, -0.15) is 4.98 Å². The molecule has 1 unspecified atom stereocenters. The van der Waals surface area contributed by atoms with Crippen molar-refractivity contribution in [2.75, 3.05) is 5.73 Å². The van der Waals surface area contributed by atoms with E-state index in [2.05, 4.69) is 16.9 Å². The number of nitrogen functional groups attached to an aromatic ring is 1. The van der Waals surface area contributed by atoms with E-state index in [1.165, 1.54) is 16.9 Å². The van der Waals surface area contributed by atoms with E-state index in [1.54, 1.807) is 11.3 Å². The van der Waals surface area contributed by atoms with Gasteiger partial charge in [-0.15, -0.1) is 11.3 Å². The van der Waals surface area contributed by atoms with Crippen LogP contribution in [0.5, 0.6) is 0 Å². The molecule has 1 aliphatic carbocycles. The third kappa shape index (κ3) is 1.35. The van der Waals surface area contributed by atoms with Gasteiger partial charge in [0.15, 0.2) is 0 Å². The van der Waals surface area contributed by atoms with Crippen LogP contribution in [0.3, 0.4) is 0 Å². The smallest absolute Gasteiger partial charge is 0.347 e. The fourth-order valence-corrected chi connectivity index (χ4v) is 3.78. The zero-order valence-corrected chi connectivity index (χ0v) is 9.86. The zero-order valence-electron chi connectivity index (χ0n) is 9.04. The maximum absolute atomic E-state index is 11.2. The molecule has 0 spiro atoms. The summed E-state index contributed by atoms with van der Waals surface area (Å²) in [6, 6.07) is 0. The predicted octanol–water partition coefficient (Wildman–Crippen LogP) is 1.69. The first-order valence-electron chi connectivity index (χ1n) is 5.45. The molecule has 0 saturated heterocycles. The second-order valence-corrected chi connectivity index (χ2v) is 5.57. The van der Waals surface area contributed by atoms with Crippen molar-refractivity contribution in [2.45, 2.75) is 26.2 Å². The highest BCUT2D eigenvalue weighted by Gasteiger charge is 2.22. The van der Waals surface area contributed by atoms with E-state index >= 15 is 0 Å². The summed E-state index contributed by atoms with van der Waals surface area (Å²) in [5, 5.41) is 0.978. The van der Waals surface area contributed by atoms with Crippen LogP contribution in [0, 0.1) is 5.92 Å². The van der Waals surface area contributed by atoms with Crippen molar-refractivity contribution in [3.8, 4) is 0 Å². The van der Waals surface area contributed by atoms with Gasteiger partial charge >= 0.3 is 5.69 Å². The van der Waals surface area contributed by atoms with Crippen LogP contribution in [0.25, 0.3) is 10.2 Å². The number of fused-ring (bicyclic) bond motifs is 3. The first kappa shape index (κ1) is 9.84. The van der Waals surface area contributed by atoms with Crippen LogP contribution in [0.4, 0.5) is 5.82 Å². The Balaban J connectivity index is 2.33. The van der Waals surface area contributed by atoms with Crippen LogP contribution in [-0.2, 0) is 12.8 Å². The molecule has 5 heteroatoms. The molecular formula is C11H13N3OS. The lowest BCUT2D eigenvalue weighted by atomic mass is 9.89. The minimum absolute atomic E-state index is 0.350. The van der Waals surface area contributed by atoms with E-state index in [4.69, 9.17) is 5.73 Å². The molecule has 2 aromatic rings. The number of thiophene rings is 1. The second kappa shape index (κ2) is 3.31. The van der Waals surface area contributed by atoms with Crippen LogP contribution in [-0.4, -0.2) is 9.97 Å². The fraction of sp³-hybridized carbons (Fsp3) is 0.455. The zero-order chi connectivity index (χ0) is 11.3. The third-order valence-corrected chi connectivity index (χ3v) is 4.36. The molecule has 0 saturated carbocycles. The Labute approximate surface area is 96.5 Å². The lowest BCUT2D eigenvalue weighted by Crippen LogP contribution is -2.13. The van der Waals surface area contributed by atoms with E-state index in [-0.39, 0.29) is 5.69 Å². The standard InChI is InChI=1S/C11H13N3OS/c1-5-2-3-6-7(4-5)16-10-8(6)9(12)13-11(15)14-10/h5H,2-4H2,1H3,(H3,12,13,14,15). The van der Waals surface area contributed by atoms with Crippen LogP contribution in [0.15, 0.2) is 4.79 Å². The van der Waals surface area contributed by atoms with Gasteiger partial charge in [0.05, 0.1) is 5.39 Å². The molecule has 0 fully saturated rings. The molecule has 0 aromatic carbocycles. The molecular weight excluding hydrogens is 222 g/mol. The number of hydrogen-bond acceptors (Lipinski definition) is 4. The summed E-state index contributed by atoms with van der Waals surface area (Å²) in [6.45, 7) is 2.26. The molecule has 3 N–H and O–H groups in total. The predicted molar refractivity (Wildman–Crippen MR) is 65.8 cm³/mol. The van der Waals surface area contributed by atoms with E-state index in [0.29, 0.717) is 5.82 Å². The molecule has 2 heterocycles. The summed E-state index contributed by atoms with van der Waals surface area (Å²) in [7, 11) is 0.